The molecule has 9 aliphatic heterocycles. The highest BCUT2D eigenvalue weighted by Crippen LogP contribution is 2.72. The Morgan fingerprint density at radius 1 is 0.280 bits per heavy atom. The average molecular weight is 2010 g/mol. The van der Waals surface area contributed by atoms with Crippen LogP contribution in [0.5, 0.6) is 0 Å². The minimum absolute atomic E-state index is 0.0362. The van der Waals surface area contributed by atoms with Gasteiger partial charge in [-0.15, -0.1) is 0 Å². The Balaban J connectivity index is 0.000000125. The topological polar surface area (TPSA) is 422 Å². The molecule has 9 heterocycles. The Labute approximate surface area is 842 Å². The van der Waals surface area contributed by atoms with Gasteiger partial charge in [0.1, 0.15) is 48.8 Å². The quantitative estimate of drug-likeness (QED) is 0.0521. The predicted octanol–water partition coefficient (Wildman–Crippen LogP) is 13.8. The zero-order valence-corrected chi connectivity index (χ0v) is 89.0. The van der Waals surface area contributed by atoms with Gasteiger partial charge in [-0.1, -0.05) is 48.5 Å². The molecule has 9 saturated heterocycles. The maximum Gasteiger partial charge on any atom is 0.312 e. The van der Waals surface area contributed by atoms with Crippen LogP contribution in [0.15, 0.2) is 0 Å². The second kappa shape index (κ2) is 41.8. The summed E-state index contributed by atoms with van der Waals surface area (Å²) in [7, 11) is 6.02. The van der Waals surface area contributed by atoms with E-state index in [1.54, 1.807) is 14.2 Å². The highest BCUT2D eigenvalue weighted by Gasteiger charge is 2.74. The number of esters is 15. The van der Waals surface area contributed by atoms with Crippen molar-refractivity contribution in [2.45, 2.75) is 353 Å². The molecule has 22 aliphatic rings. The highest BCUT2D eigenvalue weighted by atomic mass is 16.7. The molecule has 39 unspecified atom stereocenters. The van der Waals surface area contributed by atoms with Crippen LogP contribution in [0.2, 0.25) is 0 Å². The number of cyclic esters (lactones) is 4. The van der Waals surface area contributed by atoms with Crippen LogP contribution in [0.3, 0.4) is 0 Å². The van der Waals surface area contributed by atoms with Gasteiger partial charge < -0.3 is 85.3 Å². The van der Waals surface area contributed by atoms with Crippen LogP contribution in [0.1, 0.15) is 274 Å². The van der Waals surface area contributed by atoms with Gasteiger partial charge in [-0.3, -0.25) is 71.9 Å². The van der Waals surface area contributed by atoms with Gasteiger partial charge in [0, 0.05) is 73.9 Å². The van der Waals surface area contributed by atoms with Gasteiger partial charge in [0.15, 0.2) is 12.2 Å². The first-order valence-electron chi connectivity index (χ1n) is 53.7. The van der Waals surface area contributed by atoms with Crippen molar-refractivity contribution in [2.75, 3.05) is 54.9 Å². The molecule has 33 nitrogen and oxygen atoms in total. The van der Waals surface area contributed by atoms with Crippen LogP contribution in [-0.4, -0.2) is 224 Å². The largest absolute Gasteiger partial charge is 0.469 e. The van der Waals surface area contributed by atoms with E-state index in [1.165, 1.54) is 46.3 Å². The summed E-state index contributed by atoms with van der Waals surface area (Å²) in [6.07, 6.45) is 14.6. The number of hydrogen-bond donors (Lipinski definition) is 0. The molecule has 22 fully saturated rings. The molecule has 0 radical (unpaired) electrons. The first kappa shape index (κ1) is 109. The van der Waals surface area contributed by atoms with Gasteiger partial charge in [0.2, 0.25) is 0 Å². The molecule has 0 spiro atoms. The van der Waals surface area contributed by atoms with Crippen LogP contribution < -0.4 is 0 Å². The smallest absolute Gasteiger partial charge is 0.312 e. The van der Waals surface area contributed by atoms with Crippen molar-refractivity contribution in [3.8, 4) is 0 Å². The van der Waals surface area contributed by atoms with E-state index in [9.17, 15) is 71.9 Å². The van der Waals surface area contributed by atoms with E-state index in [2.05, 4.69) is 4.74 Å². The molecule has 22 rings (SSSR count). The lowest BCUT2D eigenvalue weighted by atomic mass is 9.63. The Bertz CT molecular complexity index is 4790. The average Bonchev–Trinajstić information content (AvgIpc) is 1.52. The van der Waals surface area contributed by atoms with Crippen molar-refractivity contribution >= 4 is 89.5 Å². The zero-order chi connectivity index (χ0) is 104. The van der Waals surface area contributed by atoms with Crippen LogP contribution in [0.25, 0.3) is 0 Å². The van der Waals surface area contributed by atoms with E-state index in [0.717, 1.165) is 82.7 Å². The minimum atomic E-state index is -0.593. The lowest BCUT2D eigenvalue weighted by molar-refractivity contribution is -0.175. The summed E-state index contributed by atoms with van der Waals surface area (Å²) in [4.78, 5) is 179. The fourth-order valence-corrected chi connectivity index (χ4v) is 28.3. The van der Waals surface area contributed by atoms with E-state index in [4.69, 9.17) is 80.5 Å². The Morgan fingerprint density at radius 3 is 1.18 bits per heavy atom. The van der Waals surface area contributed by atoms with Crippen molar-refractivity contribution in [3.05, 3.63) is 0 Å². The summed E-state index contributed by atoms with van der Waals surface area (Å²) in [5, 5.41) is 0. The second-order valence-corrected chi connectivity index (χ2v) is 49.7. The summed E-state index contributed by atoms with van der Waals surface area (Å²) >= 11 is 0. The molecule has 16 bridgehead atoms. The van der Waals surface area contributed by atoms with E-state index in [1.807, 2.05) is 145 Å². The second-order valence-electron chi connectivity index (χ2n) is 49.7. The predicted molar refractivity (Wildman–Crippen MR) is 506 cm³/mol. The summed E-state index contributed by atoms with van der Waals surface area (Å²) in [6, 6.07) is 0. The Hall–Kier alpha value is -8.07. The van der Waals surface area contributed by atoms with E-state index < -0.39 is 74.7 Å². The van der Waals surface area contributed by atoms with Crippen LogP contribution in [0, 0.1) is 192 Å². The Morgan fingerprint density at radius 2 is 0.692 bits per heavy atom. The van der Waals surface area contributed by atoms with Gasteiger partial charge in [-0.05, 0) is 272 Å². The third-order valence-electron chi connectivity index (χ3n) is 39.7. The summed E-state index contributed by atoms with van der Waals surface area (Å²) in [6.45, 7) is 42.5. The monoisotopic (exact) mass is 2010 g/mol. The van der Waals surface area contributed by atoms with Crippen LogP contribution >= 0.6 is 0 Å². The zero-order valence-electron chi connectivity index (χ0n) is 89.0. The molecule has 0 aromatic carbocycles. The number of rotatable bonds is 23. The molecule has 0 N–H and O–H groups in total. The summed E-state index contributed by atoms with van der Waals surface area (Å²) in [5.41, 5.74) is -3.25. The van der Waals surface area contributed by atoms with E-state index in [-0.39, 0.29) is 221 Å². The first-order valence-corrected chi connectivity index (χ1v) is 53.7. The molecule has 39 atom stereocenters. The lowest BCUT2D eigenvalue weighted by Crippen LogP contribution is -2.47. The van der Waals surface area contributed by atoms with Crippen molar-refractivity contribution in [1.82, 2.24) is 0 Å². The van der Waals surface area contributed by atoms with E-state index in [0.29, 0.717) is 105 Å². The third-order valence-corrected chi connectivity index (χ3v) is 39.7. The molecule has 143 heavy (non-hydrogen) atoms. The third kappa shape index (κ3) is 20.1. The molecular weight excluding hydrogens is 1850 g/mol. The van der Waals surface area contributed by atoms with Gasteiger partial charge in [-0.25, -0.2) is 0 Å². The molecule has 33 heteroatoms. The molecule has 13 saturated carbocycles. The van der Waals surface area contributed by atoms with Crippen molar-refractivity contribution < 1.29 is 157 Å². The fraction of sp³-hybridized carbons (Fsp3) is 0.864. The molecule has 0 aromatic rings. The molecule has 13 aliphatic carbocycles. The highest BCUT2D eigenvalue weighted by molar-refractivity contribution is 5.87. The Kier molecular flexibility index (Phi) is 31.9. The number of ether oxygens (including phenoxy) is 18. The number of hydrogen-bond acceptors (Lipinski definition) is 33. The van der Waals surface area contributed by atoms with Gasteiger partial charge >= 0.3 is 89.5 Å². The minimum Gasteiger partial charge on any atom is -0.469 e. The standard InChI is InChI=1S/C20H28O4.C16H22O6.2C16H24O5.C13H18O5.C13H20O4.C9H12O2.C7H14O2/c1-4-20(2,3)19(22)24-14-6-9-5-11(14)16-12-7-10(15(9)16)13-8-23-18(21)17(12)13;1-5-16(2,3)15(19)22-12-7-6-8-10(9(7)13(17)20-4)14(18)21-11(8)12;1-5-16(2,3)15(18)21-13-8-6-9(12(13)19-4)11-10(8)7-20-14(11)17;1-5-16(2,3)15(18)21-13-9-6-8(12(13)19-4)10-7-20-14(17)11(9)10;1-4-13(2,3)12(15)18-9-7-5-6-8(16-7)10(9)17-11(6)14;1-4-13(2,3)12(15)17-9-6-5-8-7-10(9)16-11(8)14;10-9-8-6-2-1-5(3-6)7(8)4-11-9;1-5-7(2,3)6(8)9-4/h9-17H,4-8H2,1-3H3;7-12H,5-6H2,1-4H3;2*8-13H,5-7H2,1-4H3;6-10H,4-5H2,1-3H3;8-10H,4-7H2,1-3H3;5-8H,1-4H2;5H2,1-4H3. The molecular formula is C110H162O33. The van der Waals surface area contributed by atoms with Crippen molar-refractivity contribution in [2.24, 2.45) is 192 Å². The summed E-state index contributed by atoms with van der Waals surface area (Å²) < 4.78 is 97.3. The van der Waals surface area contributed by atoms with Crippen LogP contribution in [0.4, 0.5) is 0 Å². The molecule has 0 aromatic heterocycles. The van der Waals surface area contributed by atoms with Crippen LogP contribution in [-0.2, 0) is 157 Å². The van der Waals surface area contributed by atoms with Gasteiger partial charge in [0.05, 0.1) is 144 Å². The number of carbonyl (C=O) groups excluding carboxylic acids is 15. The number of methoxy groups -OCH3 is 4. The molecule has 0 amide bonds. The summed E-state index contributed by atoms with van der Waals surface area (Å²) in [5.74, 6) is 3.93. The van der Waals surface area contributed by atoms with Crippen molar-refractivity contribution in [1.29, 1.82) is 0 Å². The number of fused-ring (bicyclic) bond motifs is 31. The maximum atomic E-state index is 12.5. The first-order chi connectivity index (χ1) is 67.3. The lowest BCUT2D eigenvalue weighted by Gasteiger charge is -2.41. The van der Waals surface area contributed by atoms with Crippen molar-refractivity contribution in [3.63, 3.8) is 0 Å². The normalized spacial score (nSPS) is 40.3. The SMILES string of the molecule is CCC(C)(C)C(=O)OC.CCC(C)(C)C(=O)OC1C2CC(C1OC)C1C(=O)OCC21.CCC(C)(C)C(=O)OC1C2CC(C3COC(=O)C32)C1OC.CCC(C)(C)C(=O)OC1C2CC3C(=O)OC1C3O2.CCC(C)(C)C(=O)OC1C2CC3C1OC(=O)C3C2C(=O)OC.CCC(C)(C)C(=O)OC1CC2CC1C1C3CC(C4COC(=O)C43)C21.CCC(C)(C)C(=O)OC1CCC2CC1OC2=O.O=C1OCC2C3CCC(C3)C12. The number of carbonyl (C=O) groups is 15. The maximum absolute atomic E-state index is 12.5. The molecule has 800 valence electrons. The fourth-order valence-electron chi connectivity index (χ4n) is 28.3. The van der Waals surface area contributed by atoms with Gasteiger partial charge in [-0.2, -0.15) is 0 Å². The van der Waals surface area contributed by atoms with E-state index >= 15 is 0 Å². The van der Waals surface area contributed by atoms with Gasteiger partial charge in [0.25, 0.3) is 0 Å².